The average molecular weight is 648 g/mol. The largest absolute Gasteiger partial charge is 0.476 e. The molecule has 1 heterocycles. The van der Waals surface area contributed by atoms with Crippen molar-refractivity contribution in [3.05, 3.63) is 54.3 Å². The second-order valence-corrected chi connectivity index (χ2v) is 23.2. The molecule has 10 heteroatoms. The maximum absolute atomic E-state index is 11.0. The Kier molecular flexibility index (Phi) is 18.1. The van der Waals surface area contributed by atoms with Crippen LogP contribution in [0.5, 0.6) is 0 Å². The lowest BCUT2D eigenvalue weighted by Gasteiger charge is -2.44. The first-order valence-corrected chi connectivity index (χ1v) is 22.0. The number of nitrogens with zero attached hydrogens (tertiary/aromatic N) is 1. The normalized spacial score (nSPS) is 15.1. The van der Waals surface area contributed by atoms with Crippen LogP contribution in [0.2, 0.25) is 43.8 Å². The van der Waals surface area contributed by atoms with E-state index in [1.165, 1.54) is 0 Å². The molecule has 0 aliphatic heterocycles. The molecule has 44 heavy (non-hydrogen) atoms. The second-order valence-electron chi connectivity index (χ2n) is 12.8. The van der Waals surface area contributed by atoms with Crippen LogP contribution in [0.4, 0.5) is 0 Å². The summed E-state index contributed by atoms with van der Waals surface area (Å²) < 4.78 is 30.0. The number of carboxylic acids is 1. The minimum absolute atomic E-state index is 0.0554. The first kappa shape index (κ1) is 39.8. The lowest BCUT2D eigenvalue weighted by molar-refractivity contribution is -0.125. The zero-order valence-corrected chi connectivity index (χ0v) is 30.8. The lowest BCUT2D eigenvalue weighted by Crippen LogP contribution is -2.49. The summed E-state index contributed by atoms with van der Waals surface area (Å²) in [7, 11) is -1.50. The maximum Gasteiger partial charge on any atom is 0.357 e. The van der Waals surface area contributed by atoms with Crippen LogP contribution in [0.25, 0.3) is 0 Å². The van der Waals surface area contributed by atoms with Gasteiger partial charge in [-0.05, 0) is 55.7 Å². The summed E-state index contributed by atoms with van der Waals surface area (Å²) in [6.07, 6.45) is 13.2. The molecular formula is C34H57NO7Si2. The predicted molar refractivity (Wildman–Crippen MR) is 183 cm³/mol. The van der Waals surface area contributed by atoms with Gasteiger partial charge in [-0.15, -0.1) is 0 Å². The minimum Gasteiger partial charge on any atom is -0.476 e. The highest BCUT2D eigenvalue weighted by Gasteiger charge is 2.42. The average Bonchev–Trinajstić information content (AvgIpc) is 3.45. The first-order chi connectivity index (χ1) is 20.8. The monoisotopic (exact) mass is 647 g/mol. The molecule has 1 aromatic heterocycles. The molecule has 248 valence electrons. The van der Waals surface area contributed by atoms with Crippen LogP contribution in [0.3, 0.4) is 0 Å². The Bertz CT molecular complexity index is 1110. The van der Waals surface area contributed by atoms with Crippen LogP contribution in [0.15, 0.2) is 47.1 Å². The number of ether oxygens (including phenoxy) is 3. The fourth-order valence-corrected chi connectivity index (χ4v) is 8.41. The highest BCUT2D eigenvalue weighted by molar-refractivity contribution is 6.76. The van der Waals surface area contributed by atoms with E-state index < -0.39 is 22.4 Å². The number of oxazole rings is 1. The Morgan fingerprint density at radius 1 is 1.11 bits per heavy atom. The van der Waals surface area contributed by atoms with Crippen molar-refractivity contribution in [2.24, 2.45) is 5.41 Å². The molecule has 3 atom stereocenters. The zero-order chi connectivity index (χ0) is 33.2. The Balaban J connectivity index is 3.00. The van der Waals surface area contributed by atoms with E-state index in [4.69, 9.17) is 28.2 Å². The number of methoxy groups -OCH3 is 1. The molecule has 8 nitrogen and oxygen atoms in total. The summed E-state index contributed by atoms with van der Waals surface area (Å²) >= 11 is 0. The summed E-state index contributed by atoms with van der Waals surface area (Å²) in [5.41, 5.74) is -0.434. The Labute approximate surface area is 268 Å². The number of aromatic nitrogens is 1. The van der Waals surface area contributed by atoms with E-state index in [0.29, 0.717) is 18.7 Å². The van der Waals surface area contributed by atoms with Crippen molar-refractivity contribution >= 4 is 22.4 Å². The van der Waals surface area contributed by atoms with Gasteiger partial charge in [0.15, 0.2) is 19.9 Å². The molecular weight excluding hydrogens is 591 g/mol. The van der Waals surface area contributed by atoms with Crippen molar-refractivity contribution in [3.63, 3.8) is 0 Å². The number of allylic oxidation sites excluding steroid dienone is 3. The third-order valence-electron chi connectivity index (χ3n) is 8.06. The fraction of sp³-hybridized carbons (Fsp3) is 0.647. The van der Waals surface area contributed by atoms with Gasteiger partial charge in [-0.3, -0.25) is 0 Å². The molecule has 1 N–H and O–H groups in total. The molecule has 0 aliphatic carbocycles. The SMILES string of the molecule is C/C=C/[C@H](OCOCC[Si](C)(C)C)C(C)(C)[C@H](C/C=C\C#C/C=C/[C@@H](Cc1nc(C(=O)O)co1)OC)O[Si](CC)(CC)CC. The third-order valence-corrected chi connectivity index (χ3v) is 14.4. The van der Waals surface area contributed by atoms with E-state index in [-0.39, 0.29) is 36.2 Å². The van der Waals surface area contributed by atoms with Crippen molar-refractivity contribution in [1.82, 2.24) is 4.98 Å². The summed E-state index contributed by atoms with van der Waals surface area (Å²) in [5, 5.41) is 9.02. The molecule has 0 unspecified atom stereocenters. The van der Waals surface area contributed by atoms with Gasteiger partial charge in [0.2, 0.25) is 0 Å². The molecule has 0 fully saturated rings. The molecule has 1 rings (SSSR count). The summed E-state index contributed by atoms with van der Waals surface area (Å²) in [5.74, 6) is 5.27. The predicted octanol–water partition coefficient (Wildman–Crippen LogP) is 8.13. The molecule has 0 bridgehead atoms. The van der Waals surface area contributed by atoms with Crippen LogP contribution in [-0.2, 0) is 25.1 Å². The van der Waals surface area contributed by atoms with E-state index >= 15 is 0 Å². The van der Waals surface area contributed by atoms with Gasteiger partial charge in [0, 0.05) is 27.2 Å². The van der Waals surface area contributed by atoms with E-state index in [9.17, 15) is 4.79 Å². The van der Waals surface area contributed by atoms with Gasteiger partial charge in [0.1, 0.15) is 13.1 Å². The van der Waals surface area contributed by atoms with E-state index in [2.05, 4.69) is 83.2 Å². The van der Waals surface area contributed by atoms with Gasteiger partial charge in [-0.25, -0.2) is 9.78 Å². The zero-order valence-electron chi connectivity index (χ0n) is 28.8. The van der Waals surface area contributed by atoms with Crippen molar-refractivity contribution < 1.29 is 33.0 Å². The minimum atomic E-state index is -1.91. The number of carboxylic acid groups (broad SMARTS) is 1. The lowest BCUT2D eigenvalue weighted by atomic mass is 9.79. The van der Waals surface area contributed by atoms with Crippen LogP contribution >= 0.6 is 0 Å². The molecule has 0 aromatic carbocycles. The van der Waals surface area contributed by atoms with Crippen molar-refractivity contribution in [2.75, 3.05) is 20.5 Å². The standard InChI is InChI=1S/C34H57NO7Si2/c1-11-20-30(41-27-39-23-24-43(8,9)10)34(5,6)31(42-44(12-2,13-3)14-4)22-19-17-15-16-18-21-28(38-7)25-32-35-29(26-40-32)33(36)37/h11,17-21,26,28,30-31H,12-14,22-25,27H2,1-10H3,(H,36,37)/b19-17-,20-11+,21-18+/t28-,30-,31-/m0/s1. The molecule has 0 aliphatic rings. The topological polar surface area (TPSA) is 100 Å². The molecule has 0 spiro atoms. The highest BCUT2D eigenvalue weighted by atomic mass is 28.4. The third kappa shape index (κ3) is 14.2. The first-order valence-electron chi connectivity index (χ1n) is 15.8. The van der Waals surface area contributed by atoms with Crippen LogP contribution in [0.1, 0.15) is 64.3 Å². The molecule has 0 radical (unpaired) electrons. The Morgan fingerprint density at radius 2 is 1.77 bits per heavy atom. The number of hydrogen-bond acceptors (Lipinski definition) is 7. The molecule has 0 saturated carbocycles. The van der Waals surface area contributed by atoms with E-state index in [0.717, 1.165) is 37.0 Å². The van der Waals surface area contributed by atoms with Gasteiger partial charge in [-0.1, -0.05) is 84.3 Å². The number of aromatic carboxylic acids is 1. The molecule has 1 aromatic rings. The fourth-order valence-electron chi connectivity index (χ4n) is 4.65. The number of carbonyl (C=O) groups is 1. The van der Waals surface area contributed by atoms with Crippen LogP contribution in [0, 0.1) is 17.3 Å². The van der Waals surface area contributed by atoms with Crippen LogP contribution in [-0.4, -0.2) is 71.3 Å². The van der Waals surface area contributed by atoms with Gasteiger partial charge in [0.25, 0.3) is 0 Å². The van der Waals surface area contributed by atoms with E-state index in [1.54, 1.807) is 19.3 Å². The van der Waals surface area contributed by atoms with E-state index in [1.807, 2.05) is 19.1 Å². The molecule has 0 saturated heterocycles. The van der Waals surface area contributed by atoms with Crippen LogP contribution < -0.4 is 0 Å². The Hall–Kier alpha value is -2.27. The van der Waals surface area contributed by atoms with Crippen molar-refractivity contribution in [3.8, 4) is 11.8 Å². The van der Waals surface area contributed by atoms with Gasteiger partial charge in [0.05, 0.1) is 24.7 Å². The van der Waals surface area contributed by atoms with Crippen molar-refractivity contribution in [1.29, 1.82) is 0 Å². The maximum atomic E-state index is 11.0. The summed E-state index contributed by atoms with van der Waals surface area (Å²) in [6, 6.07) is 4.32. The summed E-state index contributed by atoms with van der Waals surface area (Å²) in [6.45, 7) is 21.3. The molecule has 0 amide bonds. The Morgan fingerprint density at radius 3 is 2.32 bits per heavy atom. The number of hydrogen-bond donors (Lipinski definition) is 1. The van der Waals surface area contributed by atoms with Gasteiger partial charge in [-0.2, -0.15) is 0 Å². The van der Waals surface area contributed by atoms with Gasteiger partial charge < -0.3 is 28.2 Å². The summed E-state index contributed by atoms with van der Waals surface area (Å²) in [4.78, 5) is 15.0. The smallest absolute Gasteiger partial charge is 0.357 e. The highest BCUT2D eigenvalue weighted by Crippen LogP contribution is 2.37. The van der Waals surface area contributed by atoms with Crippen molar-refractivity contribution in [2.45, 2.75) is 117 Å². The number of rotatable bonds is 21. The quantitative estimate of drug-likeness (QED) is 0.0469. The van der Waals surface area contributed by atoms with Gasteiger partial charge >= 0.3 is 5.97 Å². The second kappa shape index (κ2) is 20.0.